The molecule has 0 saturated carbocycles. The number of rotatable bonds is 6. The van der Waals surface area contributed by atoms with Gasteiger partial charge >= 0.3 is 6.18 Å². The van der Waals surface area contributed by atoms with Gasteiger partial charge in [-0.25, -0.2) is 4.98 Å². The predicted molar refractivity (Wildman–Crippen MR) is 91.6 cm³/mol. The molecule has 0 radical (unpaired) electrons. The highest BCUT2D eigenvalue weighted by Crippen LogP contribution is 2.31. The Bertz CT molecular complexity index is 788. The van der Waals surface area contributed by atoms with Gasteiger partial charge in [-0.05, 0) is 30.2 Å². The van der Waals surface area contributed by atoms with E-state index in [1.54, 1.807) is 12.0 Å². The molecule has 27 heavy (non-hydrogen) atoms. The number of aryl methyl sites for hydroxylation is 1. The average Bonchev–Trinajstić information content (AvgIpc) is 2.62. The number of carbonyl (C=O) groups is 1. The minimum atomic E-state index is -4.44. The number of hydrogen-bond donors (Lipinski definition) is 0. The Kier molecular flexibility index (Phi) is 5.53. The Morgan fingerprint density at radius 3 is 2.56 bits per heavy atom. The van der Waals surface area contributed by atoms with Crippen LogP contribution in [0.4, 0.5) is 13.2 Å². The Hall–Kier alpha value is -2.77. The molecule has 1 aromatic carbocycles. The van der Waals surface area contributed by atoms with Crippen molar-refractivity contribution in [3.8, 4) is 11.6 Å². The molecule has 1 aliphatic rings. The third-order valence-electron chi connectivity index (χ3n) is 4.34. The topological polar surface area (TPSA) is 51.7 Å². The standard InChI is InChI=1S/C19H19F3N2O3/c1-26-15-5-2-13(3-6-15)4-7-18(25)24-11-16(12-24)27-17-10-14(8-9-23-17)19(20,21)22/h2-3,5-6,8-10,16H,4,7,11-12H2,1H3. The predicted octanol–water partition coefficient (Wildman–Crippen LogP) is 3.33. The maximum absolute atomic E-state index is 12.7. The molecule has 3 rings (SSSR count). The molecule has 1 amide bonds. The molecule has 0 unspecified atom stereocenters. The van der Waals surface area contributed by atoms with Crippen LogP contribution in [-0.2, 0) is 17.4 Å². The summed E-state index contributed by atoms with van der Waals surface area (Å²) in [6.07, 6.45) is -2.74. The molecule has 1 aromatic heterocycles. The maximum Gasteiger partial charge on any atom is 0.416 e. The number of ether oxygens (including phenoxy) is 2. The number of methoxy groups -OCH3 is 1. The number of carbonyl (C=O) groups excluding carboxylic acids is 1. The fourth-order valence-corrected chi connectivity index (χ4v) is 2.74. The van der Waals surface area contributed by atoms with Crippen LogP contribution < -0.4 is 9.47 Å². The van der Waals surface area contributed by atoms with Gasteiger partial charge in [0.2, 0.25) is 11.8 Å². The van der Waals surface area contributed by atoms with Gasteiger partial charge in [0.15, 0.2) is 0 Å². The van der Waals surface area contributed by atoms with Gasteiger partial charge in [-0.3, -0.25) is 4.79 Å². The summed E-state index contributed by atoms with van der Waals surface area (Å²) in [5.41, 5.74) is 0.227. The Balaban J connectivity index is 1.44. The van der Waals surface area contributed by atoms with Gasteiger partial charge in [0.1, 0.15) is 11.9 Å². The van der Waals surface area contributed by atoms with Crippen LogP contribution in [0, 0.1) is 0 Å². The van der Waals surface area contributed by atoms with E-state index in [0.717, 1.165) is 29.6 Å². The normalized spacial score (nSPS) is 14.6. The second-order valence-electron chi connectivity index (χ2n) is 6.27. The van der Waals surface area contributed by atoms with Crippen molar-refractivity contribution in [2.24, 2.45) is 0 Å². The molecule has 0 N–H and O–H groups in total. The van der Waals surface area contributed by atoms with Crippen molar-refractivity contribution in [3.63, 3.8) is 0 Å². The zero-order chi connectivity index (χ0) is 19.4. The molecule has 0 spiro atoms. The van der Waals surface area contributed by atoms with E-state index < -0.39 is 11.7 Å². The van der Waals surface area contributed by atoms with Crippen molar-refractivity contribution in [2.45, 2.75) is 25.1 Å². The van der Waals surface area contributed by atoms with Crippen molar-refractivity contribution in [3.05, 3.63) is 53.7 Å². The monoisotopic (exact) mass is 380 g/mol. The minimum Gasteiger partial charge on any atom is -0.497 e. The van der Waals surface area contributed by atoms with Crippen LogP contribution in [-0.4, -0.2) is 42.1 Å². The Morgan fingerprint density at radius 2 is 1.93 bits per heavy atom. The van der Waals surface area contributed by atoms with Gasteiger partial charge in [0, 0.05) is 18.7 Å². The summed E-state index contributed by atoms with van der Waals surface area (Å²) >= 11 is 0. The third-order valence-corrected chi connectivity index (χ3v) is 4.34. The molecular weight excluding hydrogens is 361 g/mol. The molecule has 5 nitrogen and oxygen atoms in total. The molecule has 2 heterocycles. The molecule has 8 heteroatoms. The first-order valence-electron chi connectivity index (χ1n) is 8.46. The minimum absolute atomic E-state index is 0.0114. The number of halogens is 3. The van der Waals surface area contributed by atoms with Crippen LogP contribution >= 0.6 is 0 Å². The highest BCUT2D eigenvalue weighted by Gasteiger charge is 2.34. The second kappa shape index (κ2) is 7.85. The summed E-state index contributed by atoms with van der Waals surface area (Å²) in [6.45, 7) is 0.693. The highest BCUT2D eigenvalue weighted by molar-refractivity contribution is 5.77. The van der Waals surface area contributed by atoms with E-state index in [2.05, 4.69) is 4.98 Å². The first-order valence-corrected chi connectivity index (χ1v) is 8.46. The lowest BCUT2D eigenvalue weighted by Crippen LogP contribution is -2.56. The molecule has 144 valence electrons. The molecule has 1 saturated heterocycles. The van der Waals surface area contributed by atoms with E-state index >= 15 is 0 Å². The number of nitrogens with zero attached hydrogens (tertiary/aromatic N) is 2. The number of benzene rings is 1. The first-order chi connectivity index (χ1) is 12.8. The van der Waals surface area contributed by atoms with Crippen LogP contribution in [0.2, 0.25) is 0 Å². The van der Waals surface area contributed by atoms with E-state index in [9.17, 15) is 18.0 Å². The summed E-state index contributed by atoms with van der Waals surface area (Å²) < 4.78 is 48.6. The van der Waals surface area contributed by atoms with Gasteiger partial charge in [-0.2, -0.15) is 13.2 Å². The summed E-state index contributed by atoms with van der Waals surface area (Å²) in [7, 11) is 1.59. The summed E-state index contributed by atoms with van der Waals surface area (Å²) in [6, 6.07) is 9.27. The fourth-order valence-electron chi connectivity index (χ4n) is 2.74. The second-order valence-corrected chi connectivity index (χ2v) is 6.27. The number of alkyl halides is 3. The number of likely N-dealkylation sites (tertiary alicyclic amines) is 1. The van der Waals surface area contributed by atoms with Crippen molar-refractivity contribution < 1.29 is 27.4 Å². The van der Waals surface area contributed by atoms with Crippen LogP contribution in [0.3, 0.4) is 0 Å². The SMILES string of the molecule is COc1ccc(CCC(=O)N2CC(Oc3cc(C(F)(F)F)ccn3)C2)cc1. The smallest absolute Gasteiger partial charge is 0.416 e. The lowest BCUT2D eigenvalue weighted by Gasteiger charge is -2.38. The number of aromatic nitrogens is 1. The summed E-state index contributed by atoms with van der Waals surface area (Å²) in [4.78, 5) is 17.6. The quantitative estimate of drug-likeness (QED) is 0.772. The van der Waals surface area contributed by atoms with Crippen molar-refractivity contribution >= 4 is 5.91 Å². The number of pyridine rings is 1. The summed E-state index contributed by atoms with van der Waals surface area (Å²) in [5.74, 6) is 0.666. The van der Waals surface area contributed by atoms with Crippen LogP contribution in [0.1, 0.15) is 17.5 Å². The van der Waals surface area contributed by atoms with Crippen molar-refractivity contribution in [1.82, 2.24) is 9.88 Å². The van der Waals surface area contributed by atoms with E-state index in [1.807, 2.05) is 24.3 Å². The lowest BCUT2D eigenvalue weighted by atomic mass is 10.1. The third kappa shape index (κ3) is 4.90. The molecule has 0 atom stereocenters. The number of amides is 1. The van der Waals surface area contributed by atoms with Crippen LogP contribution in [0.5, 0.6) is 11.6 Å². The maximum atomic E-state index is 12.7. The molecular formula is C19H19F3N2O3. The molecule has 1 aliphatic heterocycles. The molecule has 0 aliphatic carbocycles. The fraction of sp³-hybridized carbons (Fsp3) is 0.368. The zero-order valence-corrected chi connectivity index (χ0v) is 14.7. The lowest BCUT2D eigenvalue weighted by molar-refractivity contribution is -0.140. The first kappa shape index (κ1) is 19.0. The summed E-state index contributed by atoms with van der Waals surface area (Å²) in [5, 5.41) is 0. The zero-order valence-electron chi connectivity index (χ0n) is 14.7. The van der Waals surface area contributed by atoms with E-state index in [1.165, 1.54) is 0 Å². The highest BCUT2D eigenvalue weighted by atomic mass is 19.4. The van der Waals surface area contributed by atoms with Crippen LogP contribution in [0.15, 0.2) is 42.6 Å². The van der Waals surface area contributed by atoms with Gasteiger partial charge in [-0.15, -0.1) is 0 Å². The number of hydrogen-bond acceptors (Lipinski definition) is 4. The van der Waals surface area contributed by atoms with E-state index in [4.69, 9.17) is 9.47 Å². The molecule has 1 fully saturated rings. The van der Waals surface area contributed by atoms with Gasteiger partial charge in [-0.1, -0.05) is 12.1 Å². The van der Waals surface area contributed by atoms with E-state index in [-0.39, 0.29) is 17.9 Å². The van der Waals surface area contributed by atoms with E-state index in [0.29, 0.717) is 25.9 Å². The van der Waals surface area contributed by atoms with Crippen molar-refractivity contribution in [1.29, 1.82) is 0 Å². The largest absolute Gasteiger partial charge is 0.497 e. The Labute approximate surface area is 154 Å². The average molecular weight is 380 g/mol. The van der Waals surface area contributed by atoms with Crippen molar-refractivity contribution in [2.75, 3.05) is 20.2 Å². The Morgan fingerprint density at radius 1 is 1.22 bits per heavy atom. The van der Waals surface area contributed by atoms with Gasteiger partial charge < -0.3 is 14.4 Å². The van der Waals surface area contributed by atoms with Gasteiger partial charge in [0.25, 0.3) is 0 Å². The molecule has 2 aromatic rings. The van der Waals surface area contributed by atoms with Crippen LogP contribution in [0.25, 0.3) is 0 Å². The van der Waals surface area contributed by atoms with Gasteiger partial charge in [0.05, 0.1) is 25.8 Å². The molecule has 0 bridgehead atoms.